The number of aryl methyl sites for hydroxylation is 1. The zero-order chi connectivity index (χ0) is 23.8. The average molecular weight is 458 g/mol. The number of aliphatic hydroxyl groups is 1. The van der Waals surface area contributed by atoms with Gasteiger partial charge in [-0.05, 0) is 41.5 Å². The molecule has 0 saturated carbocycles. The summed E-state index contributed by atoms with van der Waals surface area (Å²) in [5.41, 5.74) is 4.04. The van der Waals surface area contributed by atoms with Crippen LogP contribution in [0.4, 0.5) is 0 Å². The summed E-state index contributed by atoms with van der Waals surface area (Å²) in [6, 6.07) is 26.5. The van der Waals surface area contributed by atoms with Gasteiger partial charge in [-0.25, -0.2) is 0 Å². The summed E-state index contributed by atoms with van der Waals surface area (Å²) >= 11 is 0. The fraction of sp³-hybridized carbons (Fsp3) is 0.286. The van der Waals surface area contributed by atoms with E-state index in [9.17, 15) is 14.7 Å². The van der Waals surface area contributed by atoms with E-state index in [-0.39, 0.29) is 30.8 Å². The van der Waals surface area contributed by atoms with Crippen LogP contribution in [0.25, 0.3) is 0 Å². The quantitative estimate of drug-likeness (QED) is 0.369. The molecule has 0 aliphatic heterocycles. The Hall–Kier alpha value is -3.48. The normalized spacial score (nSPS) is 16.7. The number of benzene rings is 3. The van der Waals surface area contributed by atoms with Gasteiger partial charge in [0.25, 0.3) is 0 Å². The third-order valence-electron chi connectivity index (χ3n) is 6.22. The smallest absolute Gasteiger partial charge is 0.239 e. The van der Waals surface area contributed by atoms with Crippen LogP contribution in [0, 0.1) is 0 Å². The predicted molar refractivity (Wildman–Crippen MR) is 132 cm³/mol. The molecule has 0 bridgehead atoms. The van der Waals surface area contributed by atoms with Gasteiger partial charge in [0, 0.05) is 12.5 Å². The van der Waals surface area contributed by atoms with Crippen LogP contribution in [0.15, 0.2) is 84.9 Å². The van der Waals surface area contributed by atoms with Gasteiger partial charge in [-0.3, -0.25) is 14.9 Å². The van der Waals surface area contributed by atoms with Crippen molar-refractivity contribution in [2.75, 3.05) is 6.54 Å². The zero-order valence-electron chi connectivity index (χ0n) is 19.1. The maximum Gasteiger partial charge on any atom is 0.239 e. The van der Waals surface area contributed by atoms with Gasteiger partial charge in [0.05, 0.1) is 12.6 Å². The minimum atomic E-state index is -0.922. The van der Waals surface area contributed by atoms with Gasteiger partial charge in [-0.15, -0.1) is 0 Å². The van der Waals surface area contributed by atoms with Crippen molar-refractivity contribution in [2.45, 2.75) is 44.0 Å². The Kier molecular flexibility index (Phi) is 8.07. The minimum absolute atomic E-state index is 0.0193. The molecule has 3 aromatic carbocycles. The molecular weight excluding hydrogens is 426 g/mol. The topological polar surface area (TPSA) is 90.5 Å². The number of aliphatic hydroxyl groups excluding tert-OH is 1. The summed E-state index contributed by atoms with van der Waals surface area (Å²) in [5, 5.41) is 19.6. The fourth-order valence-corrected chi connectivity index (χ4v) is 4.47. The van der Waals surface area contributed by atoms with E-state index in [0.717, 1.165) is 36.0 Å². The highest BCUT2D eigenvalue weighted by molar-refractivity contribution is 5.85. The highest BCUT2D eigenvalue weighted by atomic mass is 16.3. The molecule has 0 radical (unpaired) electrons. The Labute approximate surface area is 200 Å². The van der Waals surface area contributed by atoms with Crippen molar-refractivity contribution in [1.82, 2.24) is 16.0 Å². The van der Waals surface area contributed by atoms with Crippen LogP contribution in [-0.2, 0) is 16.0 Å². The number of carbonyl (C=O) groups is 2. The summed E-state index contributed by atoms with van der Waals surface area (Å²) in [6.07, 6.45) is 2.13. The molecule has 176 valence electrons. The molecule has 1 aliphatic carbocycles. The molecule has 6 heteroatoms. The second-order valence-corrected chi connectivity index (χ2v) is 8.64. The second-order valence-electron chi connectivity index (χ2n) is 8.64. The molecule has 1 aliphatic rings. The molecule has 3 atom stereocenters. The van der Waals surface area contributed by atoms with Crippen molar-refractivity contribution in [3.63, 3.8) is 0 Å². The van der Waals surface area contributed by atoms with Crippen molar-refractivity contribution in [3.05, 3.63) is 107 Å². The lowest BCUT2D eigenvalue weighted by atomic mass is 9.88. The maximum absolute atomic E-state index is 12.7. The summed E-state index contributed by atoms with van der Waals surface area (Å²) in [7, 11) is 0. The Balaban J connectivity index is 1.33. The van der Waals surface area contributed by atoms with Gasteiger partial charge in [0.15, 0.2) is 0 Å². The van der Waals surface area contributed by atoms with E-state index >= 15 is 0 Å². The van der Waals surface area contributed by atoms with Gasteiger partial charge >= 0.3 is 0 Å². The standard InChI is InChI=1S/C28H31N3O3/c32-26(29-19-27(33)30-24-17-9-15-20-10-7-8-16-23(20)24)18-25(21-11-3-1-4-12-21)31-28(34)22-13-5-2-6-14-22/h1-8,10-14,16,24-25,28,31,34H,9,15,17-19H2,(H,29,32)(H,30,33). The molecule has 4 N–H and O–H groups in total. The first-order valence-electron chi connectivity index (χ1n) is 11.8. The Morgan fingerprint density at radius 2 is 1.50 bits per heavy atom. The largest absolute Gasteiger partial charge is 0.374 e. The van der Waals surface area contributed by atoms with Gasteiger partial charge in [-0.2, -0.15) is 0 Å². The molecule has 4 rings (SSSR count). The summed E-state index contributed by atoms with van der Waals surface area (Å²) < 4.78 is 0. The highest BCUT2D eigenvalue weighted by Gasteiger charge is 2.23. The molecule has 0 saturated heterocycles. The van der Waals surface area contributed by atoms with E-state index < -0.39 is 12.3 Å². The Morgan fingerprint density at radius 3 is 2.24 bits per heavy atom. The Morgan fingerprint density at radius 1 is 0.853 bits per heavy atom. The van der Waals surface area contributed by atoms with Gasteiger partial charge in [-0.1, -0.05) is 84.9 Å². The van der Waals surface area contributed by atoms with E-state index in [2.05, 4.69) is 28.1 Å². The number of amides is 2. The lowest BCUT2D eigenvalue weighted by molar-refractivity contribution is -0.127. The van der Waals surface area contributed by atoms with Crippen LogP contribution in [0.5, 0.6) is 0 Å². The molecule has 0 heterocycles. The molecule has 0 aromatic heterocycles. The Bertz CT molecular complexity index is 1090. The van der Waals surface area contributed by atoms with E-state index in [1.807, 2.05) is 72.8 Å². The maximum atomic E-state index is 12.7. The molecule has 3 aromatic rings. The van der Waals surface area contributed by atoms with Crippen molar-refractivity contribution < 1.29 is 14.7 Å². The zero-order valence-corrected chi connectivity index (χ0v) is 19.1. The van der Waals surface area contributed by atoms with Crippen LogP contribution in [0.2, 0.25) is 0 Å². The number of nitrogens with one attached hydrogen (secondary N) is 3. The van der Waals surface area contributed by atoms with E-state index in [4.69, 9.17) is 0 Å². The first-order valence-corrected chi connectivity index (χ1v) is 11.8. The molecule has 34 heavy (non-hydrogen) atoms. The average Bonchev–Trinajstić information content (AvgIpc) is 2.88. The van der Waals surface area contributed by atoms with Crippen molar-refractivity contribution in [1.29, 1.82) is 0 Å². The van der Waals surface area contributed by atoms with Crippen LogP contribution >= 0.6 is 0 Å². The lowest BCUT2D eigenvalue weighted by Gasteiger charge is -2.26. The lowest BCUT2D eigenvalue weighted by Crippen LogP contribution is -2.40. The second kappa shape index (κ2) is 11.6. The number of fused-ring (bicyclic) bond motifs is 1. The molecule has 0 spiro atoms. The molecule has 0 fully saturated rings. The van der Waals surface area contributed by atoms with E-state index in [1.165, 1.54) is 5.56 Å². The molecule has 6 nitrogen and oxygen atoms in total. The number of hydrogen-bond acceptors (Lipinski definition) is 4. The monoisotopic (exact) mass is 457 g/mol. The molecule has 2 amide bonds. The third-order valence-corrected chi connectivity index (χ3v) is 6.22. The van der Waals surface area contributed by atoms with Crippen molar-refractivity contribution in [2.24, 2.45) is 0 Å². The SMILES string of the molecule is O=C(CC(NC(O)c1ccccc1)c1ccccc1)NCC(=O)NC1CCCc2ccccc21. The fourth-order valence-electron chi connectivity index (χ4n) is 4.47. The summed E-state index contributed by atoms with van der Waals surface area (Å²) in [6.45, 7) is -0.0831. The summed E-state index contributed by atoms with van der Waals surface area (Å²) in [4.78, 5) is 25.3. The van der Waals surface area contributed by atoms with Crippen LogP contribution in [0.1, 0.15) is 59.8 Å². The van der Waals surface area contributed by atoms with Crippen LogP contribution in [0.3, 0.4) is 0 Å². The number of hydrogen-bond donors (Lipinski definition) is 4. The predicted octanol–water partition coefficient (Wildman–Crippen LogP) is 3.71. The highest BCUT2D eigenvalue weighted by Crippen LogP contribution is 2.29. The number of carbonyl (C=O) groups excluding carboxylic acids is 2. The van der Waals surface area contributed by atoms with Gasteiger partial charge in [0.2, 0.25) is 11.8 Å². The number of rotatable bonds is 9. The van der Waals surface area contributed by atoms with Gasteiger partial charge < -0.3 is 15.7 Å². The van der Waals surface area contributed by atoms with Gasteiger partial charge in [0.1, 0.15) is 6.23 Å². The molecule has 3 unspecified atom stereocenters. The van der Waals surface area contributed by atoms with E-state index in [0.29, 0.717) is 0 Å². The minimum Gasteiger partial charge on any atom is -0.374 e. The first-order chi connectivity index (χ1) is 16.6. The van der Waals surface area contributed by atoms with E-state index in [1.54, 1.807) is 0 Å². The summed E-state index contributed by atoms with van der Waals surface area (Å²) in [5.74, 6) is -0.468. The van der Waals surface area contributed by atoms with Crippen molar-refractivity contribution >= 4 is 11.8 Å². The first kappa shape index (κ1) is 23.7. The van der Waals surface area contributed by atoms with Crippen LogP contribution in [-0.4, -0.2) is 23.5 Å². The van der Waals surface area contributed by atoms with Crippen LogP contribution < -0.4 is 16.0 Å². The molecular formula is C28H31N3O3. The third kappa shape index (κ3) is 6.31. The van der Waals surface area contributed by atoms with Crippen molar-refractivity contribution in [3.8, 4) is 0 Å².